The molecular formula is C36H50O3Si2. The predicted octanol–water partition coefficient (Wildman–Crippen LogP) is 10.7. The summed E-state index contributed by atoms with van der Waals surface area (Å²) >= 11 is 0. The highest BCUT2D eigenvalue weighted by atomic mass is 28.4. The van der Waals surface area contributed by atoms with Gasteiger partial charge in [-0.1, -0.05) is 96.1 Å². The fourth-order valence-corrected chi connectivity index (χ4v) is 6.80. The van der Waals surface area contributed by atoms with Crippen molar-refractivity contribution in [2.75, 3.05) is 6.61 Å². The van der Waals surface area contributed by atoms with Crippen LogP contribution in [0.15, 0.2) is 66.7 Å². The van der Waals surface area contributed by atoms with Crippen molar-refractivity contribution in [3.8, 4) is 22.6 Å². The average molecular weight is 587 g/mol. The van der Waals surface area contributed by atoms with Crippen LogP contribution in [0.2, 0.25) is 36.3 Å². The number of hydrogen-bond donors (Lipinski definition) is 1. The first-order chi connectivity index (χ1) is 19.1. The van der Waals surface area contributed by atoms with Crippen molar-refractivity contribution >= 4 is 38.2 Å². The third-order valence-electron chi connectivity index (χ3n) is 9.40. The van der Waals surface area contributed by atoms with Gasteiger partial charge in [0.1, 0.15) is 11.5 Å². The van der Waals surface area contributed by atoms with Crippen LogP contribution in [0.5, 0.6) is 11.5 Å². The summed E-state index contributed by atoms with van der Waals surface area (Å²) in [6.07, 6.45) is 2.77. The standard InChI is InChI=1S/C36H50O3Si2/c1-35(2,3)40(7,8)38-31-22-19-27-16-11-12-17-29(27)33(31)34-30-21-18-26(15-13-14-24-37)25-28(30)20-23-32(34)39-41(9,10)36(4,5)6/h11-12,16-23,25,37H,13-15,24H2,1-10H3. The molecule has 0 aliphatic rings. The van der Waals surface area contributed by atoms with Crippen LogP contribution >= 0.6 is 0 Å². The van der Waals surface area contributed by atoms with E-state index in [1.807, 2.05) is 0 Å². The van der Waals surface area contributed by atoms with Gasteiger partial charge >= 0.3 is 0 Å². The third kappa shape index (κ3) is 6.58. The number of rotatable bonds is 9. The molecule has 3 nitrogen and oxygen atoms in total. The normalized spacial score (nSPS) is 13.1. The van der Waals surface area contributed by atoms with Crippen LogP contribution in [-0.4, -0.2) is 28.3 Å². The molecule has 0 spiro atoms. The van der Waals surface area contributed by atoms with E-state index in [2.05, 4.69) is 134 Å². The summed E-state index contributed by atoms with van der Waals surface area (Å²) in [5.74, 6) is 1.88. The maximum absolute atomic E-state index is 9.28. The highest BCUT2D eigenvalue weighted by Crippen LogP contribution is 2.49. The fraction of sp³-hybridized carbons (Fsp3) is 0.444. The lowest BCUT2D eigenvalue weighted by Gasteiger charge is -2.38. The van der Waals surface area contributed by atoms with Crippen molar-refractivity contribution in [1.82, 2.24) is 0 Å². The first-order valence-corrected chi connectivity index (χ1v) is 20.9. The van der Waals surface area contributed by atoms with Crippen LogP contribution in [0.25, 0.3) is 32.7 Å². The fourth-order valence-electron chi connectivity index (χ4n) is 4.75. The molecule has 0 aliphatic heterocycles. The second-order valence-corrected chi connectivity index (χ2v) is 24.0. The van der Waals surface area contributed by atoms with E-state index in [9.17, 15) is 5.11 Å². The molecule has 0 aliphatic carbocycles. The second kappa shape index (κ2) is 11.6. The SMILES string of the molecule is CC(C)(C)[Si](C)(C)Oc1ccc2ccccc2c1-c1c(O[Si](C)(C)C(C)(C)C)ccc2cc(CCCCO)ccc12. The van der Waals surface area contributed by atoms with E-state index in [1.54, 1.807) is 0 Å². The largest absolute Gasteiger partial charge is 0.543 e. The highest BCUT2D eigenvalue weighted by Gasteiger charge is 2.41. The Hall–Kier alpha value is -2.61. The molecule has 0 unspecified atom stereocenters. The first kappa shape index (κ1) is 31.3. The van der Waals surface area contributed by atoms with E-state index in [0.717, 1.165) is 41.9 Å². The van der Waals surface area contributed by atoms with E-state index in [4.69, 9.17) is 8.85 Å². The first-order valence-electron chi connectivity index (χ1n) is 15.1. The van der Waals surface area contributed by atoms with Gasteiger partial charge in [-0.3, -0.25) is 0 Å². The topological polar surface area (TPSA) is 38.7 Å². The van der Waals surface area contributed by atoms with Gasteiger partial charge in [-0.2, -0.15) is 0 Å². The lowest BCUT2D eigenvalue weighted by Crippen LogP contribution is -2.44. The van der Waals surface area contributed by atoms with Gasteiger partial charge < -0.3 is 14.0 Å². The van der Waals surface area contributed by atoms with Crippen LogP contribution in [-0.2, 0) is 6.42 Å². The van der Waals surface area contributed by atoms with Crippen molar-refractivity contribution in [1.29, 1.82) is 0 Å². The molecule has 0 saturated carbocycles. The van der Waals surface area contributed by atoms with E-state index in [1.165, 1.54) is 27.1 Å². The smallest absolute Gasteiger partial charge is 0.250 e. The lowest BCUT2D eigenvalue weighted by molar-refractivity contribution is 0.284. The van der Waals surface area contributed by atoms with Crippen LogP contribution < -0.4 is 8.85 Å². The molecule has 0 aromatic heterocycles. The minimum Gasteiger partial charge on any atom is -0.543 e. The Labute approximate surface area is 250 Å². The number of aliphatic hydroxyl groups is 1. The Morgan fingerprint density at radius 2 is 1.12 bits per heavy atom. The number of benzene rings is 4. The zero-order chi connectivity index (χ0) is 30.2. The van der Waals surface area contributed by atoms with Gasteiger partial charge in [0.25, 0.3) is 16.6 Å². The Morgan fingerprint density at radius 1 is 0.610 bits per heavy atom. The molecular weight excluding hydrogens is 537 g/mol. The summed E-state index contributed by atoms with van der Waals surface area (Å²) in [4.78, 5) is 0. The third-order valence-corrected chi connectivity index (χ3v) is 18.1. The van der Waals surface area contributed by atoms with Crippen molar-refractivity contribution < 1.29 is 14.0 Å². The molecule has 0 amide bonds. The summed E-state index contributed by atoms with van der Waals surface area (Å²) < 4.78 is 14.3. The summed E-state index contributed by atoms with van der Waals surface area (Å²) in [6, 6.07) is 24.3. The van der Waals surface area contributed by atoms with Crippen LogP contribution in [0.4, 0.5) is 0 Å². The van der Waals surface area contributed by atoms with Crippen LogP contribution in [0.1, 0.15) is 59.9 Å². The predicted molar refractivity (Wildman–Crippen MR) is 183 cm³/mol. The van der Waals surface area contributed by atoms with Crippen LogP contribution in [0, 0.1) is 0 Å². The molecule has 0 fully saturated rings. The molecule has 41 heavy (non-hydrogen) atoms. The molecule has 4 rings (SSSR count). The number of aliphatic hydroxyl groups excluding tert-OH is 1. The molecule has 1 N–H and O–H groups in total. The van der Waals surface area contributed by atoms with Crippen molar-refractivity contribution in [2.24, 2.45) is 0 Å². The summed E-state index contributed by atoms with van der Waals surface area (Å²) in [6.45, 7) is 23.3. The molecule has 0 saturated heterocycles. The number of aryl methyl sites for hydroxylation is 1. The van der Waals surface area contributed by atoms with E-state index in [0.29, 0.717) is 0 Å². The maximum atomic E-state index is 9.28. The van der Waals surface area contributed by atoms with Gasteiger partial charge in [-0.15, -0.1) is 0 Å². The van der Waals surface area contributed by atoms with Gasteiger partial charge in [-0.05, 0) is 94.8 Å². The summed E-state index contributed by atoms with van der Waals surface area (Å²) in [5.41, 5.74) is 3.55. The highest BCUT2D eigenvalue weighted by molar-refractivity contribution is 6.75. The van der Waals surface area contributed by atoms with Gasteiger partial charge in [-0.25, -0.2) is 0 Å². The summed E-state index contributed by atoms with van der Waals surface area (Å²) in [7, 11) is -4.29. The monoisotopic (exact) mass is 586 g/mol. The zero-order valence-electron chi connectivity index (χ0n) is 26.9. The van der Waals surface area contributed by atoms with Gasteiger partial charge in [0.15, 0.2) is 0 Å². The molecule has 220 valence electrons. The molecule has 4 aromatic carbocycles. The van der Waals surface area contributed by atoms with E-state index in [-0.39, 0.29) is 16.7 Å². The Bertz CT molecular complexity index is 1520. The molecule has 0 bridgehead atoms. The quantitative estimate of drug-likeness (QED) is 0.157. The van der Waals surface area contributed by atoms with Crippen molar-refractivity contribution in [3.63, 3.8) is 0 Å². The Morgan fingerprint density at radius 3 is 1.66 bits per heavy atom. The Balaban J connectivity index is 2.05. The van der Waals surface area contributed by atoms with Crippen molar-refractivity contribution in [2.45, 2.75) is 97.1 Å². The van der Waals surface area contributed by atoms with E-state index < -0.39 is 16.6 Å². The maximum Gasteiger partial charge on any atom is 0.250 e. The summed E-state index contributed by atoms with van der Waals surface area (Å²) in [5, 5.41) is 14.2. The number of unbranched alkanes of at least 4 members (excludes halogenated alkanes) is 1. The zero-order valence-corrected chi connectivity index (χ0v) is 28.9. The van der Waals surface area contributed by atoms with Crippen molar-refractivity contribution in [3.05, 3.63) is 72.3 Å². The minimum atomic E-state index is -2.15. The number of fused-ring (bicyclic) bond motifs is 2. The second-order valence-electron chi connectivity index (χ2n) is 14.6. The molecule has 0 radical (unpaired) electrons. The Kier molecular flexibility index (Phi) is 8.85. The average Bonchev–Trinajstić information content (AvgIpc) is 2.87. The molecule has 0 heterocycles. The van der Waals surface area contributed by atoms with E-state index >= 15 is 0 Å². The van der Waals surface area contributed by atoms with Gasteiger partial charge in [0.05, 0.1) is 0 Å². The van der Waals surface area contributed by atoms with Crippen LogP contribution in [0.3, 0.4) is 0 Å². The molecule has 0 atom stereocenters. The number of hydrogen-bond acceptors (Lipinski definition) is 3. The minimum absolute atomic E-state index is 0.0645. The lowest BCUT2D eigenvalue weighted by atomic mass is 9.91. The molecule has 4 aromatic rings. The molecule has 5 heteroatoms. The van der Waals surface area contributed by atoms with Gasteiger partial charge in [0.2, 0.25) is 0 Å². The van der Waals surface area contributed by atoms with Gasteiger partial charge in [0, 0.05) is 17.7 Å².